The van der Waals surface area contributed by atoms with Gasteiger partial charge in [0.25, 0.3) is 5.78 Å². The zero-order chi connectivity index (χ0) is 15.0. The van der Waals surface area contributed by atoms with Crippen LogP contribution in [0.3, 0.4) is 0 Å². The Morgan fingerprint density at radius 3 is 2.30 bits per heavy atom. The first-order valence-electron chi connectivity index (χ1n) is 6.40. The maximum Gasteiger partial charge on any atom is 0.377 e. The molecule has 0 saturated carbocycles. The van der Waals surface area contributed by atoms with Gasteiger partial charge in [0, 0.05) is 16.5 Å². The number of hydrogen-bond donors (Lipinski definition) is 1. The summed E-state index contributed by atoms with van der Waals surface area (Å²) < 4.78 is 11.6. The number of carbonyl (C=O) groups excluding carboxylic acids is 1. The Bertz CT molecular complexity index is 537. The molecule has 2 rings (SSSR count). The molecule has 1 saturated heterocycles. The molecule has 0 radical (unpaired) electrons. The van der Waals surface area contributed by atoms with Crippen molar-refractivity contribution in [1.82, 2.24) is 0 Å². The first-order valence-corrected chi connectivity index (χ1v) is 6.40. The lowest BCUT2D eigenvalue weighted by atomic mass is 9.93. The third-order valence-electron chi connectivity index (χ3n) is 3.32. The molecule has 1 fully saturated rings. The van der Waals surface area contributed by atoms with Gasteiger partial charge in [0.2, 0.25) is 0 Å². The van der Waals surface area contributed by atoms with E-state index in [1.165, 1.54) is 12.1 Å². The Morgan fingerprint density at radius 2 is 1.75 bits per heavy atom. The molecule has 20 heavy (non-hydrogen) atoms. The number of rotatable bonds is 3. The van der Waals surface area contributed by atoms with Crippen LogP contribution in [0.25, 0.3) is 0 Å². The van der Waals surface area contributed by atoms with Crippen molar-refractivity contribution in [2.75, 3.05) is 13.2 Å². The highest BCUT2D eigenvalue weighted by molar-refractivity contribution is 6.39. The van der Waals surface area contributed by atoms with E-state index in [1.807, 2.05) is 13.8 Å². The summed E-state index contributed by atoms with van der Waals surface area (Å²) >= 11 is 0. The molecule has 1 aromatic carbocycles. The number of carboxylic acid groups (broad SMARTS) is 1. The van der Waals surface area contributed by atoms with Crippen LogP contribution in [-0.2, 0) is 20.1 Å². The second-order valence-corrected chi connectivity index (χ2v) is 5.90. The lowest BCUT2D eigenvalue weighted by Crippen LogP contribution is -2.43. The van der Waals surface area contributed by atoms with E-state index >= 15 is 0 Å². The highest BCUT2D eigenvalue weighted by Crippen LogP contribution is 2.36. The minimum atomic E-state index is -1.47. The van der Waals surface area contributed by atoms with E-state index in [-0.39, 0.29) is 11.0 Å². The molecule has 1 N–H and O–H groups in total. The standard InChI is InChI=1S/C15H18O5/c1-14(2)8-19-15(3,20-9-14)11-6-4-5-10(7-11)12(16)13(17)18/h4-7H,8-9H2,1-3H3,(H,17,18). The number of benzene rings is 1. The summed E-state index contributed by atoms with van der Waals surface area (Å²) in [5.74, 6) is -3.37. The normalized spacial score (nSPS) is 20.4. The number of aliphatic carboxylic acids is 1. The number of ketones is 1. The van der Waals surface area contributed by atoms with E-state index in [1.54, 1.807) is 19.1 Å². The van der Waals surface area contributed by atoms with Crippen LogP contribution in [0.2, 0.25) is 0 Å². The Kier molecular flexibility index (Phi) is 3.67. The minimum Gasteiger partial charge on any atom is -0.475 e. The van der Waals surface area contributed by atoms with Gasteiger partial charge in [-0.15, -0.1) is 0 Å². The molecule has 0 atom stereocenters. The summed E-state index contributed by atoms with van der Waals surface area (Å²) in [6.45, 7) is 6.90. The summed E-state index contributed by atoms with van der Waals surface area (Å²) in [5.41, 5.74) is 0.696. The first-order chi connectivity index (χ1) is 9.23. The van der Waals surface area contributed by atoms with E-state index in [0.29, 0.717) is 18.8 Å². The molecule has 1 aliphatic heterocycles. The maximum atomic E-state index is 11.5. The quantitative estimate of drug-likeness (QED) is 0.678. The van der Waals surface area contributed by atoms with Gasteiger partial charge in [-0.3, -0.25) is 4.79 Å². The zero-order valence-electron chi connectivity index (χ0n) is 11.8. The van der Waals surface area contributed by atoms with E-state index in [4.69, 9.17) is 14.6 Å². The van der Waals surface area contributed by atoms with Gasteiger partial charge in [-0.05, 0) is 13.0 Å². The zero-order valence-corrected chi connectivity index (χ0v) is 11.8. The molecular weight excluding hydrogens is 260 g/mol. The van der Waals surface area contributed by atoms with Crippen molar-refractivity contribution in [3.8, 4) is 0 Å². The average molecular weight is 278 g/mol. The summed E-state index contributed by atoms with van der Waals surface area (Å²) in [4.78, 5) is 22.2. The van der Waals surface area contributed by atoms with Crippen LogP contribution >= 0.6 is 0 Å². The molecule has 0 aliphatic carbocycles. The van der Waals surface area contributed by atoms with Gasteiger partial charge in [-0.25, -0.2) is 4.79 Å². The number of ether oxygens (including phenoxy) is 2. The van der Waals surface area contributed by atoms with Crippen LogP contribution < -0.4 is 0 Å². The summed E-state index contributed by atoms with van der Waals surface area (Å²) in [7, 11) is 0. The lowest BCUT2D eigenvalue weighted by Gasteiger charge is -2.41. The Balaban J connectivity index is 2.27. The van der Waals surface area contributed by atoms with Gasteiger partial charge in [0.05, 0.1) is 13.2 Å². The minimum absolute atomic E-state index is 0.0615. The lowest BCUT2D eigenvalue weighted by molar-refractivity contribution is -0.298. The van der Waals surface area contributed by atoms with Crippen molar-refractivity contribution >= 4 is 11.8 Å². The number of carboxylic acids is 1. The number of hydrogen-bond acceptors (Lipinski definition) is 4. The molecule has 5 heteroatoms. The average Bonchev–Trinajstić information content (AvgIpc) is 2.42. The molecule has 0 bridgehead atoms. The molecule has 1 heterocycles. The molecule has 0 aromatic heterocycles. The highest BCUT2D eigenvalue weighted by atomic mass is 16.7. The van der Waals surface area contributed by atoms with Crippen molar-refractivity contribution in [1.29, 1.82) is 0 Å². The van der Waals surface area contributed by atoms with Gasteiger partial charge in [-0.2, -0.15) is 0 Å². The van der Waals surface area contributed by atoms with Crippen LogP contribution in [0.15, 0.2) is 24.3 Å². The van der Waals surface area contributed by atoms with Crippen molar-refractivity contribution in [3.63, 3.8) is 0 Å². The topological polar surface area (TPSA) is 72.8 Å². The second kappa shape index (κ2) is 5.00. The van der Waals surface area contributed by atoms with E-state index in [9.17, 15) is 9.59 Å². The van der Waals surface area contributed by atoms with Gasteiger partial charge in [0.1, 0.15) is 0 Å². The first kappa shape index (κ1) is 14.7. The Labute approximate surface area is 117 Å². The highest BCUT2D eigenvalue weighted by Gasteiger charge is 2.38. The maximum absolute atomic E-state index is 11.5. The molecule has 0 spiro atoms. The smallest absolute Gasteiger partial charge is 0.377 e. The molecule has 1 aromatic rings. The second-order valence-electron chi connectivity index (χ2n) is 5.90. The van der Waals surface area contributed by atoms with Crippen molar-refractivity contribution in [2.24, 2.45) is 5.41 Å². The third-order valence-corrected chi connectivity index (χ3v) is 3.32. The molecule has 5 nitrogen and oxygen atoms in total. The van der Waals surface area contributed by atoms with Crippen molar-refractivity contribution in [3.05, 3.63) is 35.4 Å². The number of Topliss-reactive ketones (excluding diaryl/α,β-unsaturated/α-hetero) is 1. The monoisotopic (exact) mass is 278 g/mol. The molecular formula is C15H18O5. The fourth-order valence-electron chi connectivity index (χ4n) is 1.98. The van der Waals surface area contributed by atoms with Crippen molar-refractivity contribution < 1.29 is 24.2 Å². The van der Waals surface area contributed by atoms with E-state index < -0.39 is 17.5 Å². The Morgan fingerprint density at radius 1 is 1.15 bits per heavy atom. The van der Waals surface area contributed by atoms with Crippen LogP contribution in [0.4, 0.5) is 0 Å². The van der Waals surface area contributed by atoms with Gasteiger partial charge < -0.3 is 14.6 Å². The predicted molar refractivity (Wildman–Crippen MR) is 71.4 cm³/mol. The summed E-state index contributed by atoms with van der Waals surface area (Å²) in [6.07, 6.45) is 0. The van der Waals surface area contributed by atoms with Crippen LogP contribution in [0.5, 0.6) is 0 Å². The van der Waals surface area contributed by atoms with Crippen LogP contribution in [0.1, 0.15) is 36.7 Å². The molecule has 0 unspecified atom stereocenters. The van der Waals surface area contributed by atoms with Gasteiger partial charge in [-0.1, -0.05) is 32.0 Å². The fourth-order valence-corrected chi connectivity index (χ4v) is 1.98. The third kappa shape index (κ3) is 2.89. The fraction of sp³-hybridized carbons (Fsp3) is 0.467. The van der Waals surface area contributed by atoms with E-state index in [2.05, 4.69) is 0 Å². The van der Waals surface area contributed by atoms with Crippen molar-refractivity contribution in [2.45, 2.75) is 26.6 Å². The molecule has 0 amide bonds. The van der Waals surface area contributed by atoms with Gasteiger partial charge >= 0.3 is 5.97 Å². The largest absolute Gasteiger partial charge is 0.475 e. The SMILES string of the molecule is CC1(C)COC(C)(c2cccc(C(=O)C(=O)O)c2)OC1. The predicted octanol–water partition coefficient (Wildman–Crippen LogP) is 2.20. The summed E-state index contributed by atoms with van der Waals surface area (Å²) in [6, 6.07) is 6.37. The van der Waals surface area contributed by atoms with Gasteiger partial charge in [0.15, 0.2) is 5.79 Å². The van der Waals surface area contributed by atoms with E-state index in [0.717, 1.165) is 0 Å². The van der Waals surface area contributed by atoms with Crippen LogP contribution in [-0.4, -0.2) is 30.1 Å². The number of carbonyl (C=O) groups is 2. The summed E-state index contributed by atoms with van der Waals surface area (Å²) in [5, 5.41) is 8.76. The Hall–Kier alpha value is -1.72. The van der Waals surface area contributed by atoms with Crippen LogP contribution in [0, 0.1) is 5.41 Å². The molecule has 108 valence electrons. The molecule has 1 aliphatic rings.